The van der Waals surface area contributed by atoms with Crippen molar-refractivity contribution < 1.29 is 13.5 Å². The van der Waals surface area contributed by atoms with E-state index >= 15 is 0 Å². The van der Waals surface area contributed by atoms with Crippen molar-refractivity contribution in [1.29, 1.82) is 0 Å². The first-order chi connectivity index (χ1) is 9.08. The van der Waals surface area contributed by atoms with Gasteiger partial charge in [0, 0.05) is 27.5 Å². The van der Waals surface area contributed by atoms with Gasteiger partial charge in [0.25, 0.3) is 0 Å². The maximum Gasteiger partial charge on any atom is 0.149 e. The fourth-order valence-corrected chi connectivity index (χ4v) is 3.05. The summed E-state index contributed by atoms with van der Waals surface area (Å²) in [6.45, 7) is 1.83. The third-order valence-corrected chi connectivity index (χ3v) is 4.01. The Kier molecular flexibility index (Phi) is 4.61. The molecule has 19 heavy (non-hydrogen) atoms. The van der Waals surface area contributed by atoms with Gasteiger partial charge in [-0.25, -0.2) is 0 Å². The number of ether oxygens (including phenoxy) is 1. The Balaban J connectivity index is 2.08. The molecule has 1 heterocycles. The second-order valence-corrected chi connectivity index (χ2v) is 6.01. The van der Waals surface area contributed by atoms with E-state index in [1.54, 1.807) is 31.4 Å². The number of methoxy groups -OCH3 is 1. The van der Waals surface area contributed by atoms with Gasteiger partial charge in [0.15, 0.2) is 0 Å². The van der Waals surface area contributed by atoms with E-state index in [1.165, 1.54) is 0 Å². The van der Waals surface area contributed by atoms with Gasteiger partial charge in [0.1, 0.15) is 11.5 Å². The van der Waals surface area contributed by atoms with Crippen LogP contribution < -0.4 is 4.74 Å². The summed E-state index contributed by atoms with van der Waals surface area (Å²) in [4.78, 5) is 0. The summed E-state index contributed by atoms with van der Waals surface area (Å²) < 4.78 is 22.4. The Hall–Kier alpha value is -1.33. The minimum Gasteiger partial charge on any atom is -0.496 e. The Bertz CT molecular complexity index is 597. The highest BCUT2D eigenvalue weighted by atomic mass is 35.5. The summed E-state index contributed by atoms with van der Waals surface area (Å²) in [6.07, 6.45) is 0. The monoisotopic (exact) mass is 299 g/mol. The van der Waals surface area contributed by atoms with Crippen molar-refractivity contribution in [2.75, 3.05) is 7.11 Å². The highest BCUT2D eigenvalue weighted by Crippen LogP contribution is 2.24. The van der Waals surface area contributed by atoms with Gasteiger partial charge < -0.3 is 9.26 Å². The SMILES string of the molecule is COc1ccc(Cl)cc1C[S@@](=O)Cc1cc(C)no1. The van der Waals surface area contributed by atoms with Crippen molar-refractivity contribution in [2.24, 2.45) is 0 Å². The summed E-state index contributed by atoms with van der Waals surface area (Å²) in [5, 5.41) is 4.37. The van der Waals surface area contributed by atoms with Crippen LogP contribution in [0.5, 0.6) is 5.75 Å². The molecule has 1 atom stereocenters. The van der Waals surface area contributed by atoms with E-state index in [0.29, 0.717) is 28.0 Å². The van der Waals surface area contributed by atoms with E-state index in [0.717, 1.165) is 11.3 Å². The van der Waals surface area contributed by atoms with Gasteiger partial charge in [-0.2, -0.15) is 0 Å². The second-order valence-electron chi connectivity index (χ2n) is 4.12. The molecule has 0 saturated carbocycles. The largest absolute Gasteiger partial charge is 0.496 e. The Morgan fingerprint density at radius 3 is 2.79 bits per heavy atom. The van der Waals surface area contributed by atoms with Gasteiger partial charge in [-0.15, -0.1) is 0 Å². The van der Waals surface area contributed by atoms with Crippen molar-refractivity contribution in [2.45, 2.75) is 18.4 Å². The number of aromatic nitrogens is 1. The zero-order valence-corrected chi connectivity index (χ0v) is 12.3. The molecule has 0 N–H and O–H groups in total. The van der Waals surface area contributed by atoms with Crippen LogP contribution in [-0.2, 0) is 22.3 Å². The molecule has 0 radical (unpaired) electrons. The lowest BCUT2D eigenvalue weighted by Crippen LogP contribution is -2.01. The van der Waals surface area contributed by atoms with Crippen LogP contribution in [0.15, 0.2) is 28.8 Å². The summed E-state index contributed by atoms with van der Waals surface area (Å²) in [6, 6.07) is 7.07. The molecule has 0 unspecified atom stereocenters. The first-order valence-corrected chi connectivity index (χ1v) is 7.54. The molecule has 1 aromatic heterocycles. The number of hydrogen-bond acceptors (Lipinski definition) is 4. The fourth-order valence-electron chi connectivity index (χ4n) is 1.73. The van der Waals surface area contributed by atoms with Crippen LogP contribution in [0.2, 0.25) is 5.02 Å². The zero-order valence-electron chi connectivity index (χ0n) is 10.7. The lowest BCUT2D eigenvalue weighted by molar-refractivity contribution is 0.390. The van der Waals surface area contributed by atoms with Gasteiger partial charge in [0.2, 0.25) is 0 Å². The molecular formula is C13H14ClNO3S. The van der Waals surface area contributed by atoms with Crippen molar-refractivity contribution in [3.8, 4) is 5.75 Å². The predicted octanol–water partition coefficient (Wildman–Crippen LogP) is 3.09. The third-order valence-electron chi connectivity index (χ3n) is 2.54. The highest BCUT2D eigenvalue weighted by molar-refractivity contribution is 7.83. The number of halogens is 1. The number of rotatable bonds is 5. The fraction of sp³-hybridized carbons (Fsp3) is 0.308. The molecule has 2 aromatic rings. The molecule has 1 aromatic carbocycles. The van der Waals surface area contributed by atoms with E-state index < -0.39 is 10.8 Å². The molecule has 102 valence electrons. The van der Waals surface area contributed by atoms with Gasteiger partial charge in [0.05, 0.1) is 24.3 Å². The summed E-state index contributed by atoms with van der Waals surface area (Å²) >= 11 is 5.94. The molecule has 0 bridgehead atoms. The van der Waals surface area contributed by atoms with Crippen LogP contribution in [0.3, 0.4) is 0 Å². The van der Waals surface area contributed by atoms with Gasteiger partial charge in [-0.05, 0) is 25.1 Å². The van der Waals surface area contributed by atoms with E-state index in [-0.39, 0.29) is 0 Å². The van der Waals surface area contributed by atoms with Crippen LogP contribution in [0.1, 0.15) is 17.0 Å². The van der Waals surface area contributed by atoms with E-state index in [2.05, 4.69) is 5.16 Å². The molecule has 0 saturated heterocycles. The minimum absolute atomic E-state index is 0.330. The van der Waals surface area contributed by atoms with Crippen molar-refractivity contribution in [3.05, 3.63) is 46.3 Å². The molecular weight excluding hydrogens is 286 g/mol. The molecule has 0 amide bonds. The molecule has 0 aliphatic rings. The highest BCUT2D eigenvalue weighted by Gasteiger charge is 2.11. The first kappa shape index (κ1) is 14.1. The van der Waals surface area contributed by atoms with Gasteiger partial charge in [-0.3, -0.25) is 4.21 Å². The summed E-state index contributed by atoms with van der Waals surface area (Å²) in [5.41, 5.74) is 1.61. The smallest absolute Gasteiger partial charge is 0.149 e. The van der Waals surface area contributed by atoms with E-state index in [4.69, 9.17) is 20.9 Å². The van der Waals surface area contributed by atoms with Crippen LogP contribution in [0, 0.1) is 6.92 Å². The number of nitrogens with zero attached hydrogens (tertiary/aromatic N) is 1. The first-order valence-electron chi connectivity index (χ1n) is 5.68. The average Bonchev–Trinajstić information content (AvgIpc) is 2.75. The van der Waals surface area contributed by atoms with Crippen LogP contribution >= 0.6 is 11.6 Å². The molecule has 2 rings (SSSR count). The molecule has 6 heteroatoms. The second kappa shape index (κ2) is 6.21. The van der Waals surface area contributed by atoms with Crippen molar-refractivity contribution >= 4 is 22.4 Å². The number of benzene rings is 1. The lowest BCUT2D eigenvalue weighted by atomic mass is 10.2. The molecule has 0 aliphatic carbocycles. The maximum atomic E-state index is 12.1. The van der Waals surface area contributed by atoms with Crippen molar-refractivity contribution in [1.82, 2.24) is 5.16 Å². The number of aryl methyl sites for hydroxylation is 1. The molecule has 4 nitrogen and oxygen atoms in total. The lowest BCUT2D eigenvalue weighted by Gasteiger charge is -2.08. The van der Waals surface area contributed by atoms with Gasteiger partial charge >= 0.3 is 0 Å². The van der Waals surface area contributed by atoms with E-state index in [1.807, 2.05) is 6.92 Å². The zero-order chi connectivity index (χ0) is 13.8. The quantitative estimate of drug-likeness (QED) is 0.851. The summed E-state index contributed by atoms with van der Waals surface area (Å²) in [7, 11) is 0.478. The number of hydrogen-bond donors (Lipinski definition) is 0. The predicted molar refractivity (Wildman–Crippen MR) is 74.8 cm³/mol. The Labute approximate surface area is 119 Å². The van der Waals surface area contributed by atoms with Crippen LogP contribution in [0.25, 0.3) is 0 Å². The van der Waals surface area contributed by atoms with Crippen LogP contribution in [-0.4, -0.2) is 16.5 Å². The van der Waals surface area contributed by atoms with Crippen molar-refractivity contribution in [3.63, 3.8) is 0 Å². The Morgan fingerprint density at radius 1 is 1.37 bits per heavy atom. The topological polar surface area (TPSA) is 52.3 Å². The maximum absolute atomic E-state index is 12.1. The minimum atomic E-state index is -1.10. The average molecular weight is 300 g/mol. The normalized spacial score (nSPS) is 12.4. The van der Waals surface area contributed by atoms with E-state index in [9.17, 15) is 4.21 Å². The molecule has 0 fully saturated rings. The standard InChI is InChI=1S/C13H14ClNO3S/c1-9-5-12(18-15-9)8-19(16)7-10-6-11(14)3-4-13(10)17-2/h3-6H,7-8H2,1-2H3/t19-/m1/s1. The third kappa shape index (κ3) is 3.81. The van der Waals surface area contributed by atoms with Crippen LogP contribution in [0.4, 0.5) is 0 Å². The van der Waals surface area contributed by atoms with Gasteiger partial charge in [-0.1, -0.05) is 16.8 Å². The Morgan fingerprint density at radius 2 is 2.16 bits per heavy atom. The molecule has 0 spiro atoms. The summed E-state index contributed by atoms with van der Waals surface area (Å²) in [5.74, 6) is 2.00. The molecule has 0 aliphatic heterocycles.